The van der Waals surface area contributed by atoms with E-state index >= 15 is 0 Å². The van der Waals surface area contributed by atoms with Crippen molar-refractivity contribution in [3.05, 3.63) is 29.3 Å². The largest absolute Gasteiger partial charge is 0.507 e. The minimum absolute atomic E-state index is 0.216. The zero-order chi connectivity index (χ0) is 12.8. The van der Waals surface area contributed by atoms with E-state index in [-0.39, 0.29) is 6.61 Å². The van der Waals surface area contributed by atoms with Gasteiger partial charge < -0.3 is 10.2 Å². The highest BCUT2D eigenvalue weighted by atomic mass is 32.2. The van der Waals surface area contributed by atoms with Crippen molar-refractivity contribution >= 4 is 11.8 Å². The molecule has 0 amide bonds. The summed E-state index contributed by atoms with van der Waals surface area (Å²) in [5.41, 5.74) is 1.94. The topological polar surface area (TPSA) is 40.5 Å². The van der Waals surface area contributed by atoms with Gasteiger partial charge in [0.15, 0.2) is 0 Å². The maximum absolute atomic E-state index is 9.99. The van der Waals surface area contributed by atoms with E-state index in [0.29, 0.717) is 16.9 Å². The van der Waals surface area contributed by atoms with Crippen molar-refractivity contribution in [1.29, 1.82) is 0 Å². The second-order valence-electron chi connectivity index (χ2n) is 4.66. The van der Waals surface area contributed by atoms with E-state index in [0.717, 1.165) is 23.3 Å². The standard InChI is InChI=1S/C14H22O2S/c1-10(2)13(17-8-7-15)9-12-6-4-5-11(3)14(12)16/h4-6,10,13,15-16H,7-9H2,1-3H3. The van der Waals surface area contributed by atoms with Crippen LogP contribution in [0.25, 0.3) is 0 Å². The number of aliphatic hydroxyl groups is 1. The van der Waals surface area contributed by atoms with Crippen LogP contribution in [0.4, 0.5) is 0 Å². The van der Waals surface area contributed by atoms with Crippen molar-refractivity contribution < 1.29 is 10.2 Å². The Labute approximate surface area is 108 Å². The Morgan fingerprint density at radius 3 is 2.59 bits per heavy atom. The van der Waals surface area contributed by atoms with Crippen LogP contribution in [-0.2, 0) is 6.42 Å². The SMILES string of the molecule is Cc1cccc(CC(SCCO)C(C)C)c1O. The summed E-state index contributed by atoms with van der Waals surface area (Å²) in [6, 6.07) is 5.89. The molecular formula is C14H22O2S. The summed E-state index contributed by atoms with van der Waals surface area (Å²) in [5, 5.41) is 19.3. The van der Waals surface area contributed by atoms with Crippen molar-refractivity contribution in [2.24, 2.45) is 5.92 Å². The first-order valence-electron chi connectivity index (χ1n) is 6.06. The molecule has 0 saturated heterocycles. The van der Waals surface area contributed by atoms with Crippen LogP contribution in [0.15, 0.2) is 18.2 Å². The molecule has 2 N–H and O–H groups in total. The summed E-state index contributed by atoms with van der Waals surface area (Å²) >= 11 is 1.78. The van der Waals surface area contributed by atoms with Gasteiger partial charge in [-0.1, -0.05) is 32.0 Å². The number of aliphatic hydroxyl groups excluding tert-OH is 1. The number of phenols is 1. The lowest BCUT2D eigenvalue weighted by molar-refractivity contribution is 0.322. The van der Waals surface area contributed by atoms with E-state index in [4.69, 9.17) is 5.11 Å². The highest BCUT2D eigenvalue weighted by molar-refractivity contribution is 7.99. The number of hydrogen-bond acceptors (Lipinski definition) is 3. The number of phenolic OH excluding ortho intramolecular Hbond substituents is 1. The van der Waals surface area contributed by atoms with Crippen molar-refractivity contribution in [3.8, 4) is 5.75 Å². The highest BCUT2D eigenvalue weighted by Gasteiger charge is 2.16. The number of aryl methyl sites for hydroxylation is 1. The summed E-state index contributed by atoms with van der Waals surface area (Å²) in [7, 11) is 0. The van der Waals surface area contributed by atoms with Gasteiger partial charge in [0.05, 0.1) is 6.61 Å². The summed E-state index contributed by atoms with van der Waals surface area (Å²) in [6.07, 6.45) is 0.857. The monoisotopic (exact) mass is 254 g/mol. The smallest absolute Gasteiger partial charge is 0.121 e. The van der Waals surface area contributed by atoms with E-state index in [2.05, 4.69) is 13.8 Å². The molecule has 0 aliphatic carbocycles. The molecule has 1 atom stereocenters. The first kappa shape index (κ1) is 14.4. The Morgan fingerprint density at radius 2 is 2.00 bits per heavy atom. The van der Waals surface area contributed by atoms with Gasteiger partial charge in [-0.05, 0) is 30.4 Å². The molecule has 3 heteroatoms. The minimum Gasteiger partial charge on any atom is -0.507 e. The number of aromatic hydroxyl groups is 1. The van der Waals surface area contributed by atoms with Crippen LogP contribution < -0.4 is 0 Å². The fourth-order valence-electron chi connectivity index (χ4n) is 1.79. The average Bonchev–Trinajstić information content (AvgIpc) is 2.29. The van der Waals surface area contributed by atoms with Gasteiger partial charge >= 0.3 is 0 Å². The molecule has 0 fully saturated rings. The quantitative estimate of drug-likeness (QED) is 0.820. The van der Waals surface area contributed by atoms with Crippen molar-refractivity contribution in [3.63, 3.8) is 0 Å². The van der Waals surface area contributed by atoms with Crippen LogP contribution in [0.3, 0.4) is 0 Å². The third-order valence-corrected chi connectivity index (χ3v) is 4.47. The Morgan fingerprint density at radius 1 is 1.29 bits per heavy atom. The number of hydrogen-bond donors (Lipinski definition) is 2. The van der Waals surface area contributed by atoms with Crippen LogP contribution in [0, 0.1) is 12.8 Å². The second kappa shape index (κ2) is 6.92. The molecule has 96 valence electrons. The predicted octanol–water partition coefficient (Wildman–Crippen LogP) is 2.99. The molecule has 0 heterocycles. The fraction of sp³-hybridized carbons (Fsp3) is 0.571. The summed E-state index contributed by atoms with van der Waals surface area (Å²) in [5.74, 6) is 1.71. The number of para-hydroxylation sites is 1. The molecule has 1 unspecified atom stereocenters. The first-order chi connectivity index (χ1) is 8.06. The van der Waals surface area contributed by atoms with E-state index in [1.165, 1.54) is 0 Å². The third-order valence-electron chi connectivity index (χ3n) is 2.91. The Bertz CT molecular complexity index is 350. The number of rotatable bonds is 6. The molecule has 0 aliphatic heterocycles. The van der Waals surface area contributed by atoms with Gasteiger partial charge in [0.1, 0.15) is 5.75 Å². The van der Waals surface area contributed by atoms with Crippen molar-refractivity contribution in [1.82, 2.24) is 0 Å². The second-order valence-corrected chi connectivity index (χ2v) is 6.01. The molecule has 0 radical (unpaired) electrons. The average molecular weight is 254 g/mol. The zero-order valence-corrected chi connectivity index (χ0v) is 11.6. The number of thioether (sulfide) groups is 1. The van der Waals surface area contributed by atoms with E-state index in [9.17, 15) is 5.11 Å². The maximum atomic E-state index is 9.99. The molecule has 0 spiro atoms. The van der Waals surface area contributed by atoms with Crippen molar-refractivity contribution in [2.75, 3.05) is 12.4 Å². The van der Waals surface area contributed by atoms with Gasteiger partial charge in [-0.3, -0.25) is 0 Å². The van der Waals surface area contributed by atoms with Gasteiger partial charge in [-0.2, -0.15) is 11.8 Å². The molecule has 0 aromatic heterocycles. The maximum Gasteiger partial charge on any atom is 0.121 e. The molecule has 0 saturated carbocycles. The lowest BCUT2D eigenvalue weighted by atomic mass is 9.99. The van der Waals surface area contributed by atoms with Gasteiger partial charge in [0.25, 0.3) is 0 Å². The molecule has 1 aromatic rings. The minimum atomic E-state index is 0.216. The number of benzene rings is 1. The van der Waals surface area contributed by atoms with E-state index < -0.39 is 0 Å². The summed E-state index contributed by atoms with van der Waals surface area (Å²) in [6.45, 7) is 6.50. The normalized spacial score (nSPS) is 13.0. The molecule has 1 aromatic carbocycles. The molecular weight excluding hydrogens is 232 g/mol. The Hall–Kier alpha value is -0.670. The first-order valence-corrected chi connectivity index (χ1v) is 7.11. The Balaban J connectivity index is 2.75. The third kappa shape index (κ3) is 4.25. The van der Waals surface area contributed by atoms with Crippen molar-refractivity contribution in [2.45, 2.75) is 32.4 Å². The highest BCUT2D eigenvalue weighted by Crippen LogP contribution is 2.29. The van der Waals surface area contributed by atoms with Crippen LogP contribution in [-0.4, -0.2) is 27.8 Å². The summed E-state index contributed by atoms with van der Waals surface area (Å²) in [4.78, 5) is 0. The lowest BCUT2D eigenvalue weighted by Crippen LogP contribution is -2.16. The van der Waals surface area contributed by atoms with Crippen LogP contribution in [0.5, 0.6) is 5.75 Å². The van der Waals surface area contributed by atoms with Gasteiger partial charge in [0.2, 0.25) is 0 Å². The van der Waals surface area contributed by atoms with Gasteiger partial charge in [-0.25, -0.2) is 0 Å². The zero-order valence-electron chi connectivity index (χ0n) is 10.8. The molecule has 2 nitrogen and oxygen atoms in total. The van der Waals surface area contributed by atoms with Crippen LogP contribution >= 0.6 is 11.8 Å². The van der Waals surface area contributed by atoms with Crippen LogP contribution in [0.2, 0.25) is 0 Å². The van der Waals surface area contributed by atoms with E-state index in [1.807, 2.05) is 25.1 Å². The molecule has 0 bridgehead atoms. The van der Waals surface area contributed by atoms with Crippen LogP contribution in [0.1, 0.15) is 25.0 Å². The Kier molecular flexibility index (Phi) is 5.86. The predicted molar refractivity (Wildman–Crippen MR) is 74.7 cm³/mol. The summed E-state index contributed by atoms with van der Waals surface area (Å²) < 4.78 is 0. The fourth-order valence-corrected chi connectivity index (χ4v) is 2.88. The molecule has 0 aliphatic rings. The van der Waals surface area contributed by atoms with Gasteiger partial charge in [0, 0.05) is 11.0 Å². The van der Waals surface area contributed by atoms with Gasteiger partial charge in [-0.15, -0.1) is 0 Å². The lowest BCUT2D eigenvalue weighted by Gasteiger charge is -2.21. The molecule has 17 heavy (non-hydrogen) atoms. The molecule has 1 rings (SSSR count). The van der Waals surface area contributed by atoms with E-state index in [1.54, 1.807) is 11.8 Å².